The average Bonchev–Trinajstić information content (AvgIpc) is 2.93. The fourth-order valence-corrected chi connectivity index (χ4v) is 2.04. The predicted molar refractivity (Wildman–Crippen MR) is 77.0 cm³/mol. The number of benzene rings is 1. The summed E-state index contributed by atoms with van der Waals surface area (Å²) in [6, 6.07) is 10.2. The van der Waals surface area contributed by atoms with E-state index in [1.807, 2.05) is 35.3 Å². The molecule has 0 bridgehead atoms. The lowest BCUT2D eigenvalue weighted by atomic mass is 10.2. The van der Waals surface area contributed by atoms with Gasteiger partial charge in [-0.2, -0.15) is 5.10 Å². The van der Waals surface area contributed by atoms with Crippen LogP contribution in [-0.4, -0.2) is 14.8 Å². The summed E-state index contributed by atoms with van der Waals surface area (Å²) in [4.78, 5) is 4.43. The Morgan fingerprint density at radius 3 is 2.95 bits per heavy atom. The smallest absolute Gasteiger partial charge is 0.0703 e. The molecule has 0 saturated heterocycles. The Hall–Kier alpha value is -2.36. The van der Waals surface area contributed by atoms with Crippen molar-refractivity contribution in [1.82, 2.24) is 14.8 Å². The molecule has 1 aromatic carbocycles. The third-order valence-corrected chi connectivity index (χ3v) is 3.10. The molecule has 19 heavy (non-hydrogen) atoms. The first-order chi connectivity index (χ1) is 9.35. The summed E-state index contributed by atoms with van der Waals surface area (Å²) in [6.07, 6.45) is 5.82. The number of hydrogen-bond donors (Lipinski definition) is 1. The van der Waals surface area contributed by atoms with Crippen molar-refractivity contribution in [1.29, 1.82) is 0 Å². The van der Waals surface area contributed by atoms with Crippen molar-refractivity contribution in [3.05, 3.63) is 54.5 Å². The number of aryl methyl sites for hydroxylation is 1. The first-order valence-corrected chi connectivity index (χ1v) is 6.45. The van der Waals surface area contributed by atoms with Gasteiger partial charge < -0.3 is 5.32 Å². The summed E-state index contributed by atoms with van der Waals surface area (Å²) in [6.45, 7) is 3.75. The van der Waals surface area contributed by atoms with E-state index < -0.39 is 0 Å². The lowest BCUT2D eigenvalue weighted by molar-refractivity contribution is 0.659. The molecule has 0 spiro atoms. The molecular weight excluding hydrogens is 236 g/mol. The van der Waals surface area contributed by atoms with E-state index in [-0.39, 0.29) is 0 Å². The van der Waals surface area contributed by atoms with E-state index in [0.29, 0.717) is 0 Å². The van der Waals surface area contributed by atoms with E-state index in [1.165, 1.54) is 5.56 Å². The average molecular weight is 252 g/mol. The van der Waals surface area contributed by atoms with Crippen LogP contribution in [0, 0.1) is 0 Å². The van der Waals surface area contributed by atoms with Gasteiger partial charge in [-0.05, 0) is 19.1 Å². The lowest BCUT2D eigenvalue weighted by Gasteiger charge is -2.05. The van der Waals surface area contributed by atoms with E-state index in [0.717, 1.165) is 29.7 Å². The van der Waals surface area contributed by atoms with Gasteiger partial charge in [0.15, 0.2) is 0 Å². The molecule has 0 atom stereocenters. The highest BCUT2D eigenvalue weighted by Gasteiger charge is 1.99. The van der Waals surface area contributed by atoms with Gasteiger partial charge in [-0.1, -0.05) is 18.2 Å². The number of fused-ring (bicyclic) bond motifs is 1. The Labute approximate surface area is 112 Å². The summed E-state index contributed by atoms with van der Waals surface area (Å²) in [7, 11) is 0. The molecule has 0 amide bonds. The molecule has 96 valence electrons. The molecule has 0 unspecified atom stereocenters. The van der Waals surface area contributed by atoms with Gasteiger partial charge in [0.25, 0.3) is 0 Å². The SMILES string of the molecule is CCn1cc(CNc2cnc3ccccc3c2)cn1. The van der Waals surface area contributed by atoms with Gasteiger partial charge in [0.1, 0.15) is 0 Å². The second kappa shape index (κ2) is 5.10. The molecule has 0 fully saturated rings. The van der Waals surface area contributed by atoms with Crippen molar-refractivity contribution in [3.63, 3.8) is 0 Å². The molecule has 0 aliphatic rings. The van der Waals surface area contributed by atoms with Gasteiger partial charge in [0.05, 0.1) is 23.6 Å². The van der Waals surface area contributed by atoms with Crippen LogP contribution in [-0.2, 0) is 13.1 Å². The maximum atomic E-state index is 4.43. The topological polar surface area (TPSA) is 42.7 Å². The van der Waals surface area contributed by atoms with Gasteiger partial charge in [-0.15, -0.1) is 0 Å². The van der Waals surface area contributed by atoms with Gasteiger partial charge >= 0.3 is 0 Å². The van der Waals surface area contributed by atoms with Crippen molar-refractivity contribution in [2.45, 2.75) is 20.0 Å². The second-order valence-corrected chi connectivity index (χ2v) is 4.47. The minimum Gasteiger partial charge on any atom is -0.380 e. The minimum atomic E-state index is 0.764. The summed E-state index contributed by atoms with van der Waals surface area (Å²) in [5.74, 6) is 0. The zero-order chi connectivity index (χ0) is 13.1. The zero-order valence-electron chi connectivity index (χ0n) is 10.9. The number of nitrogens with zero attached hydrogens (tertiary/aromatic N) is 3. The Morgan fingerprint density at radius 2 is 2.11 bits per heavy atom. The maximum absolute atomic E-state index is 4.43. The molecule has 2 heterocycles. The fourth-order valence-electron chi connectivity index (χ4n) is 2.04. The Morgan fingerprint density at radius 1 is 1.21 bits per heavy atom. The van der Waals surface area contributed by atoms with Crippen molar-refractivity contribution in [3.8, 4) is 0 Å². The zero-order valence-corrected chi connectivity index (χ0v) is 10.9. The van der Waals surface area contributed by atoms with E-state index in [2.05, 4.69) is 40.7 Å². The van der Waals surface area contributed by atoms with Gasteiger partial charge in [0, 0.05) is 30.2 Å². The van der Waals surface area contributed by atoms with E-state index in [9.17, 15) is 0 Å². The highest BCUT2D eigenvalue weighted by Crippen LogP contribution is 2.16. The number of rotatable bonds is 4. The first-order valence-electron chi connectivity index (χ1n) is 6.45. The molecular formula is C15H16N4. The third-order valence-electron chi connectivity index (χ3n) is 3.10. The van der Waals surface area contributed by atoms with Crippen LogP contribution in [0.1, 0.15) is 12.5 Å². The maximum Gasteiger partial charge on any atom is 0.0703 e. The van der Waals surface area contributed by atoms with Crippen LogP contribution in [0.5, 0.6) is 0 Å². The van der Waals surface area contributed by atoms with Crippen LogP contribution < -0.4 is 5.32 Å². The highest BCUT2D eigenvalue weighted by atomic mass is 15.3. The summed E-state index contributed by atoms with van der Waals surface area (Å²) in [5, 5.41) is 8.78. The Bertz CT molecular complexity index is 687. The molecule has 0 aliphatic heterocycles. The molecule has 2 aromatic heterocycles. The molecule has 0 saturated carbocycles. The minimum absolute atomic E-state index is 0.764. The Kier molecular flexibility index (Phi) is 3.14. The van der Waals surface area contributed by atoms with Gasteiger partial charge in [-0.3, -0.25) is 9.67 Å². The standard InChI is InChI=1S/C15H16N4/c1-2-19-11-12(9-18-19)8-16-14-7-13-5-3-4-6-15(13)17-10-14/h3-7,9-11,16H,2,8H2,1H3. The molecule has 1 N–H and O–H groups in total. The summed E-state index contributed by atoms with van der Waals surface area (Å²) < 4.78 is 1.93. The van der Waals surface area contributed by atoms with Crippen LogP contribution in [0.4, 0.5) is 5.69 Å². The monoisotopic (exact) mass is 252 g/mol. The molecule has 3 aromatic rings. The molecule has 3 rings (SSSR count). The van der Waals surface area contributed by atoms with Crippen LogP contribution in [0.2, 0.25) is 0 Å². The molecule has 4 heteroatoms. The van der Waals surface area contributed by atoms with E-state index >= 15 is 0 Å². The van der Waals surface area contributed by atoms with Gasteiger partial charge in [0.2, 0.25) is 0 Å². The van der Waals surface area contributed by atoms with Crippen LogP contribution in [0.3, 0.4) is 0 Å². The van der Waals surface area contributed by atoms with E-state index in [1.54, 1.807) is 0 Å². The second-order valence-electron chi connectivity index (χ2n) is 4.47. The van der Waals surface area contributed by atoms with Crippen LogP contribution in [0.25, 0.3) is 10.9 Å². The number of aromatic nitrogens is 3. The van der Waals surface area contributed by atoms with Crippen LogP contribution in [0.15, 0.2) is 48.9 Å². The third kappa shape index (κ3) is 2.57. The Balaban J connectivity index is 1.74. The van der Waals surface area contributed by atoms with Crippen molar-refractivity contribution in [2.75, 3.05) is 5.32 Å². The predicted octanol–water partition coefficient (Wildman–Crippen LogP) is 3.06. The van der Waals surface area contributed by atoms with Crippen molar-refractivity contribution < 1.29 is 0 Å². The summed E-state index contributed by atoms with van der Waals surface area (Å²) in [5.41, 5.74) is 3.23. The number of anilines is 1. The summed E-state index contributed by atoms with van der Waals surface area (Å²) >= 11 is 0. The highest BCUT2D eigenvalue weighted by molar-refractivity contribution is 5.81. The first kappa shape index (κ1) is 11.7. The van der Waals surface area contributed by atoms with Gasteiger partial charge in [-0.25, -0.2) is 0 Å². The largest absolute Gasteiger partial charge is 0.380 e. The fraction of sp³-hybridized carbons (Fsp3) is 0.200. The number of pyridine rings is 1. The molecule has 0 aliphatic carbocycles. The van der Waals surface area contributed by atoms with Crippen molar-refractivity contribution in [2.24, 2.45) is 0 Å². The molecule has 4 nitrogen and oxygen atoms in total. The van der Waals surface area contributed by atoms with Crippen LogP contribution >= 0.6 is 0 Å². The van der Waals surface area contributed by atoms with Crippen molar-refractivity contribution >= 4 is 16.6 Å². The number of hydrogen-bond acceptors (Lipinski definition) is 3. The number of nitrogens with one attached hydrogen (secondary N) is 1. The normalized spacial score (nSPS) is 10.8. The van der Waals surface area contributed by atoms with E-state index in [4.69, 9.17) is 0 Å². The number of para-hydroxylation sites is 1. The lowest BCUT2D eigenvalue weighted by Crippen LogP contribution is -1.99. The molecule has 0 radical (unpaired) electrons. The quantitative estimate of drug-likeness (QED) is 0.776.